The minimum atomic E-state index is -0.124. The molecule has 0 radical (unpaired) electrons. The van der Waals surface area contributed by atoms with Crippen LogP contribution in [-0.4, -0.2) is 6.71 Å². The van der Waals surface area contributed by atoms with Crippen molar-refractivity contribution in [3.8, 4) is 23.0 Å². The van der Waals surface area contributed by atoms with Gasteiger partial charge in [-0.25, -0.2) is 0 Å². The molecule has 0 amide bonds. The van der Waals surface area contributed by atoms with E-state index < -0.39 is 0 Å². The zero-order chi connectivity index (χ0) is 37.0. The number of nitrogens with zero attached hydrogens (tertiary/aromatic N) is 1. The molecule has 5 heteroatoms. The first-order chi connectivity index (χ1) is 25.2. The van der Waals surface area contributed by atoms with E-state index in [0.717, 1.165) is 78.4 Å². The van der Waals surface area contributed by atoms with Gasteiger partial charge in [0.1, 0.15) is 39.9 Å². The maximum Gasteiger partial charge on any atom is 0.260 e. The summed E-state index contributed by atoms with van der Waals surface area (Å²) >= 11 is 0. The van der Waals surface area contributed by atoms with Gasteiger partial charge in [-0.3, -0.25) is 0 Å². The number of fused-ring (bicyclic) bond motifs is 7. The first kappa shape index (κ1) is 33.4. The van der Waals surface area contributed by atoms with Gasteiger partial charge < -0.3 is 18.8 Å². The number of ether oxygens (including phenoxy) is 2. The van der Waals surface area contributed by atoms with E-state index in [1.807, 2.05) is 12.1 Å². The van der Waals surface area contributed by atoms with Gasteiger partial charge in [-0.2, -0.15) is 0 Å². The lowest BCUT2D eigenvalue weighted by molar-refractivity contribution is 0.464. The molecule has 9 rings (SSSR count). The summed E-state index contributed by atoms with van der Waals surface area (Å²) in [5.74, 6) is 3.34. The number of para-hydroxylation sites is 1. The van der Waals surface area contributed by atoms with Gasteiger partial charge in [-0.1, -0.05) is 123 Å². The molecule has 7 aromatic rings. The van der Waals surface area contributed by atoms with Crippen molar-refractivity contribution in [2.45, 2.75) is 78.6 Å². The molecule has 0 saturated heterocycles. The minimum Gasteiger partial charge on any atom is -0.458 e. The monoisotopic (exact) mass is 695 g/mol. The number of hydrogen-bond acceptors (Lipinski definition) is 4. The maximum atomic E-state index is 7.21. The van der Waals surface area contributed by atoms with Gasteiger partial charge in [-0.15, -0.1) is 0 Å². The van der Waals surface area contributed by atoms with Gasteiger partial charge >= 0.3 is 0 Å². The number of hydrogen-bond donors (Lipinski definition) is 0. The van der Waals surface area contributed by atoms with E-state index in [4.69, 9.17) is 13.9 Å². The van der Waals surface area contributed by atoms with Crippen molar-refractivity contribution >= 4 is 62.1 Å². The van der Waals surface area contributed by atoms with Gasteiger partial charge in [0.05, 0.1) is 5.39 Å². The van der Waals surface area contributed by atoms with Crippen molar-refractivity contribution in [1.82, 2.24) is 0 Å². The third-order valence-electron chi connectivity index (χ3n) is 11.1. The Balaban J connectivity index is 1.39. The van der Waals surface area contributed by atoms with E-state index in [9.17, 15) is 0 Å². The van der Waals surface area contributed by atoms with E-state index in [1.165, 1.54) is 16.7 Å². The standard InChI is InChI=1S/C48H46BNO3/c1-46(2,3)29-17-22-32(23-18-29)50(33-24-19-30(20-25-33)47(4,5)6)44-42-34-13-10-11-14-37(34)51-41(42)28-36-45(44)53-40-16-12-15-39-43(40)49(36)35-27-31(48(7,8)9)21-26-38(35)52-39/h10-28H,1-9H3. The Morgan fingerprint density at radius 1 is 0.491 bits per heavy atom. The average Bonchev–Trinajstić information content (AvgIpc) is 3.49. The van der Waals surface area contributed by atoms with Crippen LogP contribution in [0.25, 0.3) is 21.9 Å². The molecule has 264 valence electrons. The van der Waals surface area contributed by atoms with Crippen LogP contribution in [-0.2, 0) is 16.2 Å². The topological polar surface area (TPSA) is 34.8 Å². The molecule has 3 heterocycles. The summed E-state index contributed by atoms with van der Waals surface area (Å²) in [5, 5.41) is 2.07. The third-order valence-corrected chi connectivity index (χ3v) is 11.1. The second kappa shape index (κ2) is 11.5. The minimum absolute atomic E-state index is 0.0184. The third kappa shape index (κ3) is 5.43. The molecule has 2 aliphatic heterocycles. The molecule has 0 aliphatic carbocycles. The number of furan rings is 1. The lowest BCUT2D eigenvalue weighted by Gasteiger charge is -2.36. The first-order valence-corrected chi connectivity index (χ1v) is 18.8. The largest absolute Gasteiger partial charge is 0.458 e. The smallest absolute Gasteiger partial charge is 0.260 e. The molecule has 0 bridgehead atoms. The zero-order valence-electron chi connectivity index (χ0n) is 32.2. The van der Waals surface area contributed by atoms with E-state index in [0.29, 0.717) is 0 Å². The molecule has 0 fully saturated rings. The summed E-state index contributed by atoms with van der Waals surface area (Å²) in [5.41, 5.74) is 11.8. The summed E-state index contributed by atoms with van der Waals surface area (Å²) < 4.78 is 20.6. The molecular formula is C48H46BNO3. The second-order valence-corrected chi connectivity index (χ2v) is 17.9. The molecule has 0 saturated carbocycles. The van der Waals surface area contributed by atoms with E-state index in [2.05, 4.69) is 170 Å². The van der Waals surface area contributed by atoms with Crippen LogP contribution in [0.5, 0.6) is 23.0 Å². The van der Waals surface area contributed by atoms with Crippen LogP contribution >= 0.6 is 0 Å². The normalized spacial score (nSPS) is 13.6. The van der Waals surface area contributed by atoms with Crippen LogP contribution in [0.2, 0.25) is 0 Å². The highest BCUT2D eigenvalue weighted by Gasteiger charge is 2.43. The Bertz CT molecular complexity index is 2500. The van der Waals surface area contributed by atoms with Crippen molar-refractivity contribution in [3.05, 3.63) is 132 Å². The first-order valence-electron chi connectivity index (χ1n) is 18.8. The predicted octanol–water partition coefficient (Wildman–Crippen LogP) is 11.7. The fraction of sp³-hybridized carbons (Fsp3) is 0.250. The zero-order valence-corrected chi connectivity index (χ0v) is 32.2. The van der Waals surface area contributed by atoms with E-state index >= 15 is 0 Å². The molecule has 4 nitrogen and oxygen atoms in total. The Morgan fingerprint density at radius 2 is 1.06 bits per heavy atom. The highest BCUT2D eigenvalue weighted by molar-refractivity contribution is 6.98. The Hall–Kier alpha value is -5.42. The molecule has 0 atom stereocenters. The second-order valence-electron chi connectivity index (χ2n) is 17.9. The van der Waals surface area contributed by atoms with Crippen LogP contribution in [0, 0.1) is 0 Å². The maximum absolute atomic E-state index is 7.21. The predicted molar refractivity (Wildman–Crippen MR) is 222 cm³/mol. The van der Waals surface area contributed by atoms with E-state index in [-0.39, 0.29) is 23.0 Å². The van der Waals surface area contributed by atoms with Gasteiger partial charge in [0, 0.05) is 22.2 Å². The van der Waals surface area contributed by atoms with Crippen LogP contribution in [0.15, 0.2) is 120 Å². The summed E-state index contributed by atoms with van der Waals surface area (Å²) in [6.07, 6.45) is 0. The molecular weight excluding hydrogens is 649 g/mol. The number of anilines is 3. The molecule has 6 aromatic carbocycles. The van der Waals surface area contributed by atoms with Crippen LogP contribution in [0.4, 0.5) is 17.1 Å². The van der Waals surface area contributed by atoms with Crippen molar-refractivity contribution in [3.63, 3.8) is 0 Å². The lowest BCUT2D eigenvalue weighted by atomic mass is 9.34. The molecule has 1 aromatic heterocycles. The molecule has 0 spiro atoms. The van der Waals surface area contributed by atoms with Crippen LogP contribution in [0.3, 0.4) is 0 Å². The summed E-state index contributed by atoms with van der Waals surface area (Å²) in [6, 6.07) is 41.5. The lowest BCUT2D eigenvalue weighted by Crippen LogP contribution is -2.57. The molecule has 53 heavy (non-hydrogen) atoms. The van der Waals surface area contributed by atoms with Crippen molar-refractivity contribution in [2.75, 3.05) is 4.90 Å². The Labute approximate surface area is 313 Å². The van der Waals surface area contributed by atoms with Gasteiger partial charge in [-0.05, 0) is 98.5 Å². The van der Waals surface area contributed by atoms with Crippen LogP contribution in [0.1, 0.15) is 79.0 Å². The molecule has 0 N–H and O–H groups in total. The summed E-state index contributed by atoms with van der Waals surface area (Å²) in [7, 11) is 0. The van der Waals surface area contributed by atoms with Gasteiger partial charge in [0.15, 0.2) is 0 Å². The van der Waals surface area contributed by atoms with E-state index in [1.54, 1.807) is 0 Å². The van der Waals surface area contributed by atoms with Gasteiger partial charge in [0.25, 0.3) is 6.71 Å². The van der Waals surface area contributed by atoms with Crippen molar-refractivity contribution in [1.29, 1.82) is 0 Å². The molecule has 2 aliphatic rings. The quantitative estimate of drug-likeness (QED) is 0.172. The number of benzene rings is 6. The van der Waals surface area contributed by atoms with Crippen LogP contribution < -0.4 is 30.8 Å². The molecule has 0 unspecified atom stereocenters. The summed E-state index contributed by atoms with van der Waals surface area (Å²) in [6.45, 7) is 20.2. The number of rotatable bonds is 3. The Morgan fingerprint density at radius 3 is 1.66 bits per heavy atom. The SMILES string of the molecule is CC(C)(C)c1ccc(N(c2ccc(C(C)(C)C)cc2)c2c3c(cc4oc5ccccc5c24)B2c4cc(C(C)(C)C)ccc4Oc4cccc(c42)O3)cc1. The van der Waals surface area contributed by atoms with Gasteiger partial charge in [0.2, 0.25) is 0 Å². The summed E-state index contributed by atoms with van der Waals surface area (Å²) in [4.78, 5) is 2.38. The highest BCUT2D eigenvalue weighted by atomic mass is 16.5. The highest BCUT2D eigenvalue weighted by Crippen LogP contribution is 2.50. The van der Waals surface area contributed by atoms with Crippen molar-refractivity contribution < 1.29 is 13.9 Å². The fourth-order valence-electron chi connectivity index (χ4n) is 8.06. The Kier molecular flexibility index (Phi) is 7.28. The average molecular weight is 696 g/mol. The fourth-order valence-corrected chi connectivity index (χ4v) is 8.06. The van der Waals surface area contributed by atoms with Crippen molar-refractivity contribution in [2.24, 2.45) is 0 Å².